The Morgan fingerprint density at radius 1 is 0.411 bits per heavy atom. The van der Waals surface area contributed by atoms with Gasteiger partial charge in [0, 0.05) is 6.42 Å². The average Bonchev–Trinajstić information content (AvgIpc) is 3.35. The summed E-state index contributed by atoms with van der Waals surface area (Å²) in [5.74, 6) is -0.134. The molecule has 0 aromatic heterocycles. The SMILES string of the molecule is CCCCCCCCCCCCCCCCCCCCCCCCCCCCCCCCCC(=O)NC(COP(=O)(O)OCC[N+](C)(C)C)C(O)CCCCCCCCCCCCCCCCCCCCCC. The fourth-order valence-electron chi connectivity index (χ4n) is 10.5. The highest BCUT2D eigenvalue weighted by molar-refractivity contribution is 7.47. The summed E-state index contributed by atoms with van der Waals surface area (Å²) in [6.07, 6.45) is 69.1. The van der Waals surface area contributed by atoms with Crippen molar-refractivity contribution < 1.29 is 32.9 Å². The summed E-state index contributed by atoms with van der Waals surface area (Å²) in [4.78, 5) is 23.4. The molecule has 0 radical (unpaired) electrons. The number of carbonyl (C=O) groups excluding carboxylic acids is 1. The quantitative estimate of drug-likeness (QED) is 0.0318. The van der Waals surface area contributed by atoms with Gasteiger partial charge in [0.2, 0.25) is 5.91 Å². The number of phosphoric acid groups is 1. The van der Waals surface area contributed by atoms with E-state index in [-0.39, 0.29) is 19.1 Å². The molecule has 0 fully saturated rings. The van der Waals surface area contributed by atoms with Crippen LogP contribution in [0.2, 0.25) is 0 Å². The zero-order chi connectivity index (χ0) is 53.5. The Balaban J connectivity index is 3.98. The summed E-state index contributed by atoms with van der Waals surface area (Å²) in [6, 6.07) is -0.756. The van der Waals surface area contributed by atoms with Crippen LogP contribution in [0.1, 0.15) is 354 Å². The maximum atomic E-state index is 13.0. The van der Waals surface area contributed by atoms with Crippen LogP contribution < -0.4 is 5.32 Å². The summed E-state index contributed by atoms with van der Waals surface area (Å²) in [7, 11) is 1.64. The Kier molecular flexibility index (Phi) is 55.8. The number of aliphatic hydroxyl groups excluding tert-OH is 1. The van der Waals surface area contributed by atoms with Gasteiger partial charge in [-0.2, -0.15) is 0 Å². The third kappa shape index (κ3) is 59.0. The maximum absolute atomic E-state index is 13.0. The second-order valence-corrected chi connectivity index (χ2v) is 25.7. The van der Waals surface area contributed by atoms with Crippen LogP contribution in [0.5, 0.6) is 0 Å². The van der Waals surface area contributed by atoms with Crippen molar-refractivity contribution >= 4 is 13.7 Å². The van der Waals surface area contributed by atoms with Gasteiger partial charge in [-0.05, 0) is 12.8 Å². The summed E-state index contributed by atoms with van der Waals surface area (Å²) < 4.78 is 23.9. The van der Waals surface area contributed by atoms with Crippen molar-refractivity contribution in [3.8, 4) is 0 Å². The molecule has 0 aliphatic carbocycles. The van der Waals surface area contributed by atoms with E-state index in [9.17, 15) is 19.4 Å². The first-order valence-electron chi connectivity index (χ1n) is 32.9. The number of nitrogens with zero attached hydrogens (tertiary/aromatic N) is 1. The molecule has 0 aromatic carbocycles. The van der Waals surface area contributed by atoms with E-state index in [4.69, 9.17) is 9.05 Å². The zero-order valence-electron chi connectivity index (χ0n) is 50.2. The van der Waals surface area contributed by atoms with Gasteiger partial charge in [-0.25, -0.2) is 4.57 Å². The minimum Gasteiger partial charge on any atom is -0.391 e. The molecule has 73 heavy (non-hydrogen) atoms. The molecular formula is C64H132N2O6P+. The van der Waals surface area contributed by atoms with E-state index in [2.05, 4.69) is 19.2 Å². The molecule has 9 heteroatoms. The van der Waals surface area contributed by atoms with Gasteiger partial charge < -0.3 is 19.8 Å². The largest absolute Gasteiger partial charge is 0.472 e. The van der Waals surface area contributed by atoms with Gasteiger partial charge in [-0.3, -0.25) is 13.8 Å². The molecule has 3 unspecified atom stereocenters. The summed E-state index contributed by atoms with van der Waals surface area (Å²) >= 11 is 0. The lowest BCUT2D eigenvalue weighted by atomic mass is 10.0. The van der Waals surface area contributed by atoms with Crippen LogP contribution in [-0.4, -0.2) is 73.4 Å². The monoisotopic (exact) mass is 1060 g/mol. The number of hydrogen-bond donors (Lipinski definition) is 3. The predicted molar refractivity (Wildman–Crippen MR) is 319 cm³/mol. The topological polar surface area (TPSA) is 105 Å². The van der Waals surface area contributed by atoms with E-state index < -0.39 is 20.0 Å². The number of nitrogens with one attached hydrogen (secondary N) is 1. The Hall–Kier alpha value is -0.500. The highest BCUT2D eigenvalue weighted by Crippen LogP contribution is 2.43. The van der Waals surface area contributed by atoms with Gasteiger partial charge in [0.1, 0.15) is 13.2 Å². The maximum Gasteiger partial charge on any atom is 0.472 e. The number of rotatable bonds is 62. The van der Waals surface area contributed by atoms with Crippen LogP contribution >= 0.6 is 7.82 Å². The molecule has 0 saturated heterocycles. The molecule has 0 heterocycles. The Labute approximate surface area is 457 Å². The average molecular weight is 1060 g/mol. The lowest BCUT2D eigenvalue weighted by molar-refractivity contribution is -0.870. The van der Waals surface area contributed by atoms with Crippen molar-refractivity contribution in [2.75, 3.05) is 40.9 Å². The van der Waals surface area contributed by atoms with Gasteiger partial charge in [-0.1, -0.05) is 335 Å². The molecule has 8 nitrogen and oxygen atoms in total. The number of unbranched alkanes of at least 4 members (excludes halogenated alkanes) is 49. The molecule has 438 valence electrons. The van der Waals surface area contributed by atoms with Gasteiger partial charge in [-0.15, -0.1) is 0 Å². The third-order valence-corrected chi connectivity index (χ3v) is 16.6. The standard InChI is InChI=1S/C64H131N2O6P/c1-6-8-10-12-14-16-18-20-22-24-26-28-29-30-31-32-33-34-35-36-37-38-40-42-44-46-48-50-52-54-56-58-64(68)65-62(61-72-73(69,70)71-60-59-66(3,4)5)63(67)57-55-53-51-49-47-45-43-41-39-27-25-23-21-19-17-15-13-11-9-7-2/h62-63,67H,6-61H2,1-5H3,(H-,65,68,69,70)/p+1. The lowest BCUT2D eigenvalue weighted by Gasteiger charge is -2.26. The minimum atomic E-state index is -4.32. The summed E-state index contributed by atoms with van der Waals surface area (Å²) in [5, 5.41) is 14.1. The molecule has 0 rings (SSSR count). The molecule has 1 amide bonds. The minimum absolute atomic E-state index is 0.0793. The normalized spacial score (nSPS) is 13.7. The fourth-order valence-corrected chi connectivity index (χ4v) is 11.2. The van der Waals surface area contributed by atoms with Crippen molar-refractivity contribution in [1.29, 1.82) is 0 Å². The van der Waals surface area contributed by atoms with Crippen LogP contribution in [0, 0.1) is 0 Å². The van der Waals surface area contributed by atoms with E-state index in [1.165, 1.54) is 289 Å². The number of carbonyl (C=O) groups is 1. The van der Waals surface area contributed by atoms with Gasteiger partial charge >= 0.3 is 7.82 Å². The first kappa shape index (κ1) is 72.5. The summed E-state index contributed by atoms with van der Waals surface area (Å²) in [6.45, 7) is 4.96. The number of hydrogen-bond acceptors (Lipinski definition) is 5. The van der Waals surface area contributed by atoms with Gasteiger partial charge in [0.25, 0.3) is 0 Å². The van der Waals surface area contributed by atoms with Crippen LogP contribution in [0.4, 0.5) is 0 Å². The van der Waals surface area contributed by atoms with Crippen molar-refractivity contribution in [3.63, 3.8) is 0 Å². The van der Waals surface area contributed by atoms with Crippen molar-refractivity contribution in [3.05, 3.63) is 0 Å². The molecule has 0 aliphatic rings. The van der Waals surface area contributed by atoms with Crippen molar-refractivity contribution in [2.24, 2.45) is 0 Å². The fraction of sp³-hybridized carbons (Fsp3) is 0.984. The molecule has 0 saturated carbocycles. The third-order valence-electron chi connectivity index (χ3n) is 15.6. The van der Waals surface area contributed by atoms with E-state index in [1.54, 1.807) is 0 Å². The number of phosphoric ester groups is 1. The van der Waals surface area contributed by atoms with Crippen LogP contribution in [-0.2, 0) is 18.4 Å². The highest BCUT2D eigenvalue weighted by atomic mass is 31.2. The molecule has 0 aromatic rings. The van der Waals surface area contributed by atoms with Crippen LogP contribution in [0.15, 0.2) is 0 Å². The highest BCUT2D eigenvalue weighted by Gasteiger charge is 2.28. The molecule has 0 spiro atoms. The van der Waals surface area contributed by atoms with Gasteiger partial charge in [0.05, 0.1) is 39.9 Å². The molecule has 3 N–H and O–H groups in total. The number of amides is 1. The lowest BCUT2D eigenvalue weighted by Crippen LogP contribution is -2.46. The van der Waals surface area contributed by atoms with Crippen LogP contribution in [0.25, 0.3) is 0 Å². The molecule has 0 aliphatic heterocycles. The first-order chi connectivity index (χ1) is 35.5. The van der Waals surface area contributed by atoms with Gasteiger partial charge in [0.15, 0.2) is 0 Å². The van der Waals surface area contributed by atoms with E-state index >= 15 is 0 Å². The second-order valence-electron chi connectivity index (χ2n) is 24.2. The number of aliphatic hydroxyl groups is 1. The second kappa shape index (κ2) is 56.2. The smallest absolute Gasteiger partial charge is 0.391 e. The molecule has 0 bridgehead atoms. The van der Waals surface area contributed by atoms with E-state index in [1.807, 2.05) is 21.1 Å². The van der Waals surface area contributed by atoms with E-state index in [0.29, 0.717) is 23.9 Å². The number of likely N-dealkylation sites (N-methyl/N-ethyl adjacent to an activating group) is 1. The Bertz CT molecular complexity index is 1150. The molecule has 3 atom stereocenters. The first-order valence-corrected chi connectivity index (χ1v) is 34.4. The van der Waals surface area contributed by atoms with Crippen LogP contribution in [0.3, 0.4) is 0 Å². The van der Waals surface area contributed by atoms with E-state index in [0.717, 1.165) is 38.5 Å². The number of quaternary nitrogens is 1. The molecular weight excluding hydrogens is 924 g/mol. The van der Waals surface area contributed by atoms with Crippen molar-refractivity contribution in [1.82, 2.24) is 5.32 Å². The predicted octanol–water partition coefficient (Wildman–Crippen LogP) is 20.4. The zero-order valence-corrected chi connectivity index (χ0v) is 51.1. The van der Waals surface area contributed by atoms with Crippen molar-refractivity contribution in [2.45, 2.75) is 366 Å². The Morgan fingerprint density at radius 2 is 0.658 bits per heavy atom. The summed E-state index contributed by atoms with van der Waals surface area (Å²) in [5.41, 5.74) is 0. The Morgan fingerprint density at radius 3 is 0.918 bits per heavy atom.